The van der Waals surface area contributed by atoms with Crippen molar-refractivity contribution in [2.45, 2.75) is 24.8 Å². The van der Waals surface area contributed by atoms with Gasteiger partial charge < -0.3 is 10.6 Å². The average Bonchev–Trinajstić information content (AvgIpc) is 2.40. The van der Waals surface area contributed by atoms with Crippen LogP contribution >= 0.6 is 11.8 Å². The van der Waals surface area contributed by atoms with Crippen LogP contribution in [0, 0.1) is 0 Å². The molecule has 0 spiro atoms. The molecule has 0 saturated carbocycles. The fourth-order valence-corrected chi connectivity index (χ4v) is 3.86. The second-order valence-electron chi connectivity index (χ2n) is 5.21. The van der Waals surface area contributed by atoms with Gasteiger partial charge in [-0.25, -0.2) is 13.1 Å². The highest BCUT2D eigenvalue weighted by atomic mass is 32.2. The Morgan fingerprint density at radius 2 is 1.90 bits per heavy atom. The van der Waals surface area contributed by atoms with Crippen molar-refractivity contribution in [3.8, 4) is 0 Å². The minimum absolute atomic E-state index is 0.118. The molecule has 1 aromatic rings. The van der Waals surface area contributed by atoms with Crippen LogP contribution in [-0.2, 0) is 10.0 Å². The predicted octanol–water partition coefficient (Wildman–Crippen LogP) is 1.62. The summed E-state index contributed by atoms with van der Waals surface area (Å²) in [6.45, 7) is 5.32. The zero-order chi connectivity index (χ0) is 15.9. The third kappa shape index (κ3) is 7.71. The van der Waals surface area contributed by atoms with Crippen molar-refractivity contribution in [2.75, 3.05) is 37.4 Å². The number of hydrogen-bond acceptors (Lipinski definition) is 5. The van der Waals surface area contributed by atoms with E-state index in [9.17, 15) is 8.42 Å². The molecule has 0 aromatic heterocycles. The molecule has 0 aliphatic heterocycles. The number of hydrogen-bond donors (Lipinski definition) is 2. The van der Waals surface area contributed by atoms with Crippen LogP contribution in [0.3, 0.4) is 0 Å². The maximum Gasteiger partial charge on any atom is 0.212 e. The normalized spacial score (nSPS) is 12.2. The summed E-state index contributed by atoms with van der Waals surface area (Å²) >= 11 is 1.52. The molecular formula is C14H25N3O2S2. The number of nitrogens with two attached hydrogens (primary N) is 1. The first-order chi connectivity index (χ1) is 9.80. The van der Waals surface area contributed by atoms with Gasteiger partial charge in [0.1, 0.15) is 0 Å². The number of anilines is 1. The van der Waals surface area contributed by atoms with Gasteiger partial charge in [-0.05, 0) is 45.2 Å². The predicted molar refractivity (Wildman–Crippen MR) is 91.1 cm³/mol. The standard InChI is InChI=1S/C14H25N3O2S2/c1-12(2)17(3)9-8-16-21(18,19)11-10-20-14-6-4-13(15)5-7-14/h4-7,12,16H,8-11,15H2,1-3H3. The third-order valence-corrected chi connectivity index (χ3v) is 5.83. The van der Waals surface area contributed by atoms with Gasteiger partial charge in [0, 0.05) is 35.5 Å². The molecule has 120 valence electrons. The van der Waals surface area contributed by atoms with Crippen molar-refractivity contribution in [1.29, 1.82) is 0 Å². The van der Waals surface area contributed by atoms with Gasteiger partial charge in [-0.1, -0.05) is 0 Å². The monoisotopic (exact) mass is 331 g/mol. The van der Waals surface area contributed by atoms with E-state index >= 15 is 0 Å². The van der Waals surface area contributed by atoms with Crippen LogP contribution in [0.5, 0.6) is 0 Å². The van der Waals surface area contributed by atoms with Crippen molar-refractivity contribution in [2.24, 2.45) is 0 Å². The van der Waals surface area contributed by atoms with Gasteiger partial charge in [0.15, 0.2) is 0 Å². The first kappa shape index (κ1) is 18.3. The topological polar surface area (TPSA) is 75.4 Å². The summed E-state index contributed by atoms with van der Waals surface area (Å²) in [4.78, 5) is 3.13. The van der Waals surface area contributed by atoms with E-state index in [1.54, 1.807) is 0 Å². The molecule has 21 heavy (non-hydrogen) atoms. The zero-order valence-electron chi connectivity index (χ0n) is 12.9. The summed E-state index contributed by atoms with van der Waals surface area (Å²) in [6.07, 6.45) is 0. The summed E-state index contributed by atoms with van der Waals surface area (Å²) in [6, 6.07) is 7.85. The van der Waals surface area contributed by atoms with E-state index in [1.165, 1.54) is 11.8 Å². The summed E-state index contributed by atoms with van der Waals surface area (Å²) < 4.78 is 26.4. The maximum atomic E-state index is 11.9. The lowest BCUT2D eigenvalue weighted by molar-refractivity contribution is 0.278. The van der Waals surface area contributed by atoms with Crippen LogP contribution in [-0.4, -0.2) is 51.0 Å². The van der Waals surface area contributed by atoms with Crippen molar-refractivity contribution in [3.05, 3.63) is 24.3 Å². The second kappa shape index (κ2) is 8.63. The number of thioether (sulfide) groups is 1. The Balaban J connectivity index is 2.28. The average molecular weight is 332 g/mol. The van der Waals surface area contributed by atoms with E-state index in [0.717, 1.165) is 4.90 Å². The Hall–Kier alpha value is -0.760. The van der Waals surface area contributed by atoms with E-state index in [2.05, 4.69) is 23.5 Å². The Kier molecular flexibility index (Phi) is 7.51. The van der Waals surface area contributed by atoms with Gasteiger partial charge in [0.05, 0.1) is 5.75 Å². The number of nitrogens with one attached hydrogen (secondary N) is 1. The highest BCUT2D eigenvalue weighted by molar-refractivity contribution is 8.00. The molecule has 7 heteroatoms. The van der Waals surface area contributed by atoms with E-state index in [0.29, 0.717) is 30.6 Å². The van der Waals surface area contributed by atoms with Crippen molar-refractivity contribution >= 4 is 27.5 Å². The highest BCUT2D eigenvalue weighted by Gasteiger charge is 2.11. The van der Waals surface area contributed by atoms with Crippen LogP contribution in [0.1, 0.15) is 13.8 Å². The molecule has 5 nitrogen and oxygen atoms in total. The van der Waals surface area contributed by atoms with E-state index in [1.807, 2.05) is 31.3 Å². The molecule has 1 rings (SSSR count). The number of benzene rings is 1. The molecule has 0 bridgehead atoms. The summed E-state index contributed by atoms with van der Waals surface area (Å²) in [5, 5.41) is 0. The molecule has 0 radical (unpaired) electrons. The molecule has 0 unspecified atom stereocenters. The van der Waals surface area contributed by atoms with Gasteiger partial charge in [-0.3, -0.25) is 0 Å². The molecule has 1 aromatic carbocycles. The highest BCUT2D eigenvalue weighted by Crippen LogP contribution is 2.19. The molecule has 3 N–H and O–H groups in total. The Morgan fingerprint density at radius 1 is 1.29 bits per heavy atom. The van der Waals surface area contributed by atoms with Gasteiger partial charge in [-0.15, -0.1) is 11.8 Å². The smallest absolute Gasteiger partial charge is 0.212 e. The summed E-state index contributed by atoms with van der Waals surface area (Å²) in [5.41, 5.74) is 6.32. The van der Waals surface area contributed by atoms with E-state index in [-0.39, 0.29) is 5.75 Å². The maximum absolute atomic E-state index is 11.9. The number of sulfonamides is 1. The second-order valence-corrected chi connectivity index (χ2v) is 8.30. The lowest BCUT2D eigenvalue weighted by Crippen LogP contribution is -2.37. The molecule has 0 atom stereocenters. The van der Waals surface area contributed by atoms with Crippen LogP contribution in [0.4, 0.5) is 5.69 Å². The molecule has 0 aliphatic carbocycles. The molecule has 0 saturated heterocycles. The van der Waals surface area contributed by atoms with Gasteiger partial charge in [0.2, 0.25) is 10.0 Å². The number of likely N-dealkylation sites (N-methyl/N-ethyl adjacent to an activating group) is 1. The Bertz CT molecular complexity index is 516. The first-order valence-corrected chi connectivity index (χ1v) is 9.60. The van der Waals surface area contributed by atoms with Gasteiger partial charge in [-0.2, -0.15) is 0 Å². The molecule has 0 heterocycles. The number of nitrogens with zero attached hydrogens (tertiary/aromatic N) is 1. The molecule has 0 amide bonds. The first-order valence-electron chi connectivity index (χ1n) is 6.96. The van der Waals surface area contributed by atoms with Crippen LogP contribution in [0.2, 0.25) is 0 Å². The van der Waals surface area contributed by atoms with E-state index < -0.39 is 10.0 Å². The molecule has 0 aliphatic rings. The Labute approximate surface area is 132 Å². The van der Waals surface area contributed by atoms with Crippen molar-refractivity contribution < 1.29 is 8.42 Å². The zero-order valence-corrected chi connectivity index (χ0v) is 14.5. The Morgan fingerprint density at radius 3 is 2.48 bits per heavy atom. The summed E-state index contributed by atoms with van der Waals surface area (Å²) in [5.74, 6) is 0.646. The lowest BCUT2D eigenvalue weighted by Gasteiger charge is -2.20. The fraction of sp³-hybridized carbons (Fsp3) is 0.571. The number of rotatable bonds is 9. The van der Waals surface area contributed by atoms with Gasteiger partial charge in [0.25, 0.3) is 0 Å². The summed E-state index contributed by atoms with van der Waals surface area (Å²) in [7, 11) is -1.22. The van der Waals surface area contributed by atoms with Crippen LogP contribution in [0.15, 0.2) is 29.2 Å². The van der Waals surface area contributed by atoms with Crippen LogP contribution in [0.25, 0.3) is 0 Å². The van der Waals surface area contributed by atoms with Crippen LogP contribution < -0.4 is 10.5 Å². The largest absolute Gasteiger partial charge is 0.399 e. The lowest BCUT2D eigenvalue weighted by atomic mass is 10.3. The van der Waals surface area contributed by atoms with Crippen molar-refractivity contribution in [3.63, 3.8) is 0 Å². The van der Waals surface area contributed by atoms with Crippen molar-refractivity contribution in [1.82, 2.24) is 9.62 Å². The van der Waals surface area contributed by atoms with E-state index in [4.69, 9.17) is 5.73 Å². The minimum Gasteiger partial charge on any atom is -0.399 e. The fourth-order valence-electron chi connectivity index (χ4n) is 1.54. The minimum atomic E-state index is -3.20. The SMILES string of the molecule is CC(C)N(C)CCNS(=O)(=O)CCSc1ccc(N)cc1. The third-order valence-electron chi connectivity index (χ3n) is 3.17. The molecular weight excluding hydrogens is 306 g/mol. The van der Waals surface area contributed by atoms with Gasteiger partial charge >= 0.3 is 0 Å². The molecule has 0 fully saturated rings. The quantitative estimate of drug-likeness (QED) is 0.531. The number of nitrogen functional groups attached to an aromatic ring is 1.